The van der Waals surface area contributed by atoms with Gasteiger partial charge in [0.1, 0.15) is 0 Å². The third-order valence-corrected chi connectivity index (χ3v) is 5.72. The smallest absolute Gasteiger partial charge is 0.171 e. The molecule has 0 aliphatic carbocycles. The summed E-state index contributed by atoms with van der Waals surface area (Å²) in [5.74, 6) is 0. The Morgan fingerprint density at radius 1 is 1.21 bits per heavy atom. The van der Waals surface area contributed by atoms with E-state index in [0.717, 1.165) is 23.8 Å². The van der Waals surface area contributed by atoms with E-state index in [0.29, 0.717) is 11.2 Å². The second-order valence-corrected chi connectivity index (χ2v) is 7.92. The molecule has 2 atom stereocenters. The quantitative estimate of drug-likeness (QED) is 0.721. The van der Waals surface area contributed by atoms with Crippen LogP contribution in [0.4, 0.5) is 5.69 Å². The van der Waals surface area contributed by atoms with Crippen LogP contribution in [0.2, 0.25) is 5.02 Å². The predicted octanol–water partition coefficient (Wildman–Crippen LogP) is 4.91. The number of nitrogens with zero attached hydrogens (tertiary/aromatic N) is 1. The number of likely N-dealkylation sites (tertiary alicyclic amines) is 1. The average molecular weight is 380 g/mol. The van der Waals surface area contributed by atoms with Crippen molar-refractivity contribution in [3.63, 3.8) is 0 Å². The minimum Gasteiger partial charge on any atom is -0.358 e. The molecule has 0 saturated carbocycles. The number of thiophene rings is 1. The SMILES string of the molecule is C[C@H](NC(=S)Nc1ccc(Cl)cc1)[C@H](c1cccs1)N1CCCC1. The lowest BCUT2D eigenvalue weighted by Gasteiger charge is -2.33. The maximum absolute atomic E-state index is 5.92. The molecule has 3 rings (SSSR count). The first-order valence-corrected chi connectivity index (χ1v) is 9.90. The van der Waals surface area contributed by atoms with Gasteiger partial charge in [-0.05, 0) is 80.8 Å². The van der Waals surface area contributed by atoms with E-state index < -0.39 is 0 Å². The van der Waals surface area contributed by atoms with Crippen molar-refractivity contribution in [1.29, 1.82) is 0 Å². The zero-order valence-corrected chi connectivity index (χ0v) is 16.1. The molecule has 1 fully saturated rings. The van der Waals surface area contributed by atoms with Crippen LogP contribution in [0, 0.1) is 0 Å². The third-order valence-electron chi connectivity index (χ3n) is 4.30. The van der Waals surface area contributed by atoms with Gasteiger partial charge in [-0.3, -0.25) is 4.90 Å². The van der Waals surface area contributed by atoms with Crippen LogP contribution in [0.15, 0.2) is 41.8 Å². The normalized spacial score (nSPS) is 17.4. The molecule has 0 radical (unpaired) electrons. The van der Waals surface area contributed by atoms with E-state index >= 15 is 0 Å². The number of anilines is 1. The molecule has 2 N–H and O–H groups in total. The minimum atomic E-state index is 0.231. The van der Waals surface area contributed by atoms with Crippen LogP contribution in [0.5, 0.6) is 0 Å². The van der Waals surface area contributed by atoms with Gasteiger partial charge in [0.15, 0.2) is 5.11 Å². The Hall–Kier alpha value is -1.14. The Labute approximate surface area is 158 Å². The highest BCUT2D eigenvalue weighted by Gasteiger charge is 2.29. The molecule has 2 heterocycles. The van der Waals surface area contributed by atoms with Crippen molar-refractivity contribution in [2.45, 2.75) is 31.8 Å². The topological polar surface area (TPSA) is 27.3 Å². The summed E-state index contributed by atoms with van der Waals surface area (Å²) in [6.07, 6.45) is 2.56. The Morgan fingerprint density at radius 3 is 2.54 bits per heavy atom. The van der Waals surface area contributed by atoms with Gasteiger partial charge in [0.05, 0.1) is 6.04 Å². The Bertz CT molecular complexity index is 651. The van der Waals surface area contributed by atoms with Crippen molar-refractivity contribution >= 4 is 46.0 Å². The molecule has 1 aliphatic heterocycles. The molecule has 1 aromatic heterocycles. The van der Waals surface area contributed by atoms with Gasteiger partial charge < -0.3 is 10.6 Å². The molecule has 128 valence electrons. The fourth-order valence-corrected chi connectivity index (χ4v) is 4.60. The third kappa shape index (κ3) is 4.48. The number of rotatable bonds is 5. The second-order valence-electron chi connectivity index (χ2n) is 6.10. The van der Waals surface area contributed by atoms with Gasteiger partial charge >= 0.3 is 0 Å². The summed E-state index contributed by atoms with van der Waals surface area (Å²) in [5, 5.41) is 10.2. The molecule has 0 unspecified atom stereocenters. The monoisotopic (exact) mass is 379 g/mol. The lowest BCUT2D eigenvalue weighted by Crippen LogP contribution is -2.45. The molecule has 1 aromatic carbocycles. The first kappa shape index (κ1) is 17.7. The van der Waals surface area contributed by atoms with Crippen LogP contribution in [-0.4, -0.2) is 29.1 Å². The van der Waals surface area contributed by atoms with Crippen LogP contribution in [-0.2, 0) is 0 Å². The van der Waals surface area contributed by atoms with E-state index in [2.05, 4.69) is 40.0 Å². The van der Waals surface area contributed by atoms with Crippen molar-refractivity contribution in [2.24, 2.45) is 0 Å². The zero-order chi connectivity index (χ0) is 16.9. The van der Waals surface area contributed by atoms with Crippen LogP contribution in [0.1, 0.15) is 30.7 Å². The average Bonchev–Trinajstić information content (AvgIpc) is 3.24. The van der Waals surface area contributed by atoms with Crippen LogP contribution in [0.3, 0.4) is 0 Å². The summed E-state index contributed by atoms with van der Waals surface area (Å²) in [6, 6.07) is 12.5. The van der Waals surface area contributed by atoms with Crippen molar-refractivity contribution in [3.8, 4) is 0 Å². The molecule has 1 saturated heterocycles. The summed E-state index contributed by atoms with van der Waals surface area (Å²) in [5.41, 5.74) is 0.943. The van der Waals surface area contributed by atoms with E-state index in [4.69, 9.17) is 23.8 Å². The highest BCUT2D eigenvalue weighted by atomic mass is 35.5. The Balaban J connectivity index is 1.65. The Morgan fingerprint density at radius 2 is 1.92 bits per heavy atom. The fourth-order valence-electron chi connectivity index (χ4n) is 3.21. The fraction of sp³-hybridized carbons (Fsp3) is 0.389. The maximum atomic E-state index is 5.92. The molecule has 6 heteroatoms. The highest BCUT2D eigenvalue weighted by molar-refractivity contribution is 7.80. The Kier molecular flexibility index (Phi) is 6.11. The largest absolute Gasteiger partial charge is 0.358 e. The predicted molar refractivity (Wildman–Crippen MR) is 108 cm³/mol. The summed E-state index contributed by atoms with van der Waals surface area (Å²) in [6.45, 7) is 4.52. The zero-order valence-electron chi connectivity index (χ0n) is 13.7. The molecule has 2 aromatic rings. The summed E-state index contributed by atoms with van der Waals surface area (Å²) in [4.78, 5) is 3.96. The molecule has 0 bridgehead atoms. The minimum absolute atomic E-state index is 0.231. The lowest BCUT2D eigenvalue weighted by atomic mass is 10.1. The number of hydrogen-bond donors (Lipinski definition) is 2. The highest BCUT2D eigenvalue weighted by Crippen LogP contribution is 2.31. The van der Waals surface area contributed by atoms with Crippen molar-refractivity contribution in [3.05, 3.63) is 51.7 Å². The number of hydrogen-bond acceptors (Lipinski definition) is 3. The number of thiocarbonyl (C=S) groups is 1. The van der Waals surface area contributed by atoms with Crippen LogP contribution >= 0.6 is 35.2 Å². The summed E-state index contributed by atoms with van der Waals surface area (Å²) >= 11 is 13.2. The molecular weight excluding hydrogens is 358 g/mol. The van der Waals surface area contributed by atoms with E-state index in [1.165, 1.54) is 17.7 Å². The first-order valence-electron chi connectivity index (χ1n) is 8.24. The lowest BCUT2D eigenvalue weighted by molar-refractivity contribution is 0.214. The molecule has 0 amide bonds. The number of nitrogens with one attached hydrogen (secondary N) is 2. The van der Waals surface area contributed by atoms with Gasteiger partial charge in [0, 0.05) is 21.6 Å². The standard InChI is InChI=1S/C18H22ClN3S2/c1-13(20-18(23)21-15-8-6-14(19)7-9-15)17(16-5-4-12-24-16)22-10-2-3-11-22/h4-9,12-13,17H,2-3,10-11H2,1H3,(H2,20,21,23)/t13-,17+/m0/s1. The molecule has 1 aliphatic rings. The van der Waals surface area contributed by atoms with Crippen molar-refractivity contribution in [1.82, 2.24) is 10.2 Å². The second kappa shape index (κ2) is 8.30. The van der Waals surface area contributed by atoms with Gasteiger partial charge in [0.25, 0.3) is 0 Å². The molecule has 24 heavy (non-hydrogen) atoms. The van der Waals surface area contributed by atoms with Crippen LogP contribution in [0.25, 0.3) is 0 Å². The summed E-state index contributed by atoms with van der Waals surface area (Å²) in [7, 11) is 0. The van der Waals surface area contributed by atoms with Gasteiger partial charge in [-0.2, -0.15) is 0 Å². The van der Waals surface area contributed by atoms with E-state index in [1.54, 1.807) is 0 Å². The first-order chi connectivity index (χ1) is 11.6. The molecular formula is C18H22ClN3S2. The molecule has 0 spiro atoms. The van der Waals surface area contributed by atoms with Crippen molar-refractivity contribution in [2.75, 3.05) is 18.4 Å². The van der Waals surface area contributed by atoms with Gasteiger partial charge in [-0.15, -0.1) is 11.3 Å². The summed E-state index contributed by atoms with van der Waals surface area (Å²) < 4.78 is 0. The number of benzene rings is 1. The van der Waals surface area contributed by atoms with Gasteiger partial charge in [-0.1, -0.05) is 17.7 Å². The maximum Gasteiger partial charge on any atom is 0.171 e. The van der Waals surface area contributed by atoms with E-state index in [1.807, 2.05) is 35.6 Å². The van der Waals surface area contributed by atoms with Gasteiger partial charge in [-0.25, -0.2) is 0 Å². The van der Waals surface area contributed by atoms with Gasteiger partial charge in [0.2, 0.25) is 0 Å². The van der Waals surface area contributed by atoms with E-state index in [9.17, 15) is 0 Å². The number of halogens is 1. The van der Waals surface area contributed by atoms with Crippen LogP contribution < -0.4 is 10.6 Å². The molecule has 3 nitrogen and oxygen atoms in total. The van der Waals surface area contributed by atoms with E-state index in [-0.39, 0.29) is 6.04 Å². The van der Waals surface area contributed by atoms with Crippen molar-refractivity contribution < 1.29 is 0 Å².